The second-order valence-electron chi connectivity index (χ2n) is 8.44. The SMILES string of the molecule is CC1(C(=O)O)CCc2c(Cl)cccc2C1.NC1(C(=O)O)CCc2c(Cl)cccc2C1. The Balaban J connectivity index is 0.000000171. The summed E-state index contributed by atoms with van der Waals surface area (Å²) in [5, 5.41) is 19.7. The summed E-state index contributed by atoms with van der Waals surface area (Å²) in [5.74, 6) is -1.65. The van der Waals surface area contributed by atoms with Crippen LogP contribution in [0.2, 0.25) is 10.0 Å². The topological polar surface area (TPSA) is 101 Å². The number of carboxylic acid groups (broad SMARTS) is 2. The van der Waals surface area contributed by atoms with Crippen molar-refractivity contribution in [2.24, 2.45) is 11.1 Å². The lowest BCUT2D eigenvalue weighted by Crippen LogP contribution is -2.52. The number of hydrogen-bond acceptors (Lipinski definition) is 3. The van der Waals surface area contributed by atoms with Crippen molar-refractivity contribution in [3.05, 3.63) is 68.7 Å². The highest BCUT2D eigenvalue weighted by Crippen LogP contribution is 2.38. The summed E-state index contributed by atoms with van der Waals surface area (Å²) < 4.78 is 0. The molecule has 0 saturated heterocycles. The summed E-state index contributed by atoms with van der Waals surface area (Å²) in [4.78, 5) is 22.2. The molecule has 2 unspecified atom stereocenters. The highest BCUT2D eigenvalue weighted by molar-refractivity contribution is 6.31. The maximum Gasteiger partial charge on any atom is 0.324 e. The molecule has 2 aliphatic carbocycles. The Hall–Kier alpha value is -2.08. The number of halogens is 2. The Morgan fingerprint density at radius 1 is 0.867 bits per heavy atom. The van der Waals surface area contributed by atoms with Crippen LogP contribution < -0.4 is 5.73 Å². The molecular weight excluding hydrogens is 425 g/mol. The number of nitrogens with two attached hydrogens (primary N) is 1. The van der Waals surface area contributed by atoms with Gasteiger partial charge in [0.1, 0.15) is 5.54 Å². The minimum atomic E-state index is -1.13. The predicted molar refractivity (Wildman–Crippen MR) is 117 cm³/mol. The molecule has 0 spiro atoms. The maximum absolute atomic E-state index is 11.1. The molecule has 4 rings (SSSR count). The Morgan fingerprint density at radius 3 is 1.87 bits per heavy atom. The standard InChI is InChI=1S/C12H13ClO2.C11H12ClNO2/c1-12(11(14)15)6-5-9-8(7-12)3-2-4-10(9)13;12-9-3-1-2-7-6-11(13,10(14)15)5-4-8(7)9/h2-4H,5-7H2,1H3,(H,14,15);1-3H,4-6,13H2,(H,14,15). The summed E-state index contributed by atoms with van der Waals surface area (Å²) in [6.07, 6.45) is 3.45. The second kappa shape index (κ2) is 8.58. The first-order chi connectivity index (χ1) is 14.1. The normalized spacial score (nSPS) is 24.7. The van der Waals surface area contributed by atoms with E-state index in [0.29, 0.717) is 37.1 Å². The summed E-state index contributed by atoms with van der Waals surface area (Å²) in [6, 6.07) is 11.3. The molecule has 0 radical (unpaired) electrons. The Bertz CT molecular complexity index is 914. The third-order valence-corrected chi connectivity index (χ3v) is 6.92. The van der Waals surface area contributed by atoms with Crippen LogP contribution in [-0.4, -0.2) is 27.7 Å². The lowest BCUT2D eigenvalue weighted by atomic mass is 9.73. The van der Waals surface area contributed by atoms with E-state index >= 15 is 0 Å². The third kappa shape index (κ3) is 4.48. The minimum absolute atomic E-state index is 0.359. The Labute approximate surface area is 185 Å². The van der Waals surface area contributed by atoms with Gasteiger partial charge in [-0.25, -0.2) is 0 Å². The van der Waals surface area contributed by atoms with Crippen molar-refractivity contribution in [1.82, 2.24) is 0 Å². The minimum Gasteiger partial charge on any atom is -0.481 e. The monoisotopic (exact) mass is 449 g/mol. The van der Waals surface area contributed by atoms with Crippen molar-refractivity contribution in [3.63, 3.8) is 0 Å². The predicted octanol–water partition coefficient (Wildman–Crippen LogP) is 4.53. The molecule has 0 bridgehead atoms. The number of hydrogen-bond donors (Lipinski definition) is 3. The van der Waals surface area contributed by atoms with Gasteiger partial charge >= 0.3 is 11.9 Å². The van der Waals surface area contributed by atoms with Crippen LogP contribution in [0.4, 0.5) is 0 Å². The van der Waals surface area contributed by atoms with Crippen LogP contribution in [0.25, 0.3) is 0 Å². The smallest absolute Gasteiger partial charge is 0.324 e. The summed E-state index contributed by atoms with van der Waals surface area (Å²) in [5.41, 5.74) is 8.27. The molecule has 0 fully saturated rings. The quantitative estimate of drug-likeness (QED) is 0.624. The van der Waals surface area contributed by atoms with E-state index in [-0.39, 0.29) is 0 Å². The number of rotatable bonds is 2. The summed E-state index contributed by atoms with van der Waals surface area (Å²) >= 11 is 12.1. The first-order valence-corrected chi connectivity index (χ1v) is 10.6. The average molecular weight is 450 g/mol. The van der Waals surface area contributed by atoms with Gasteiger partial charge in [0.15, 0.2) is 0 Å². The van der Waals surface area contributed by atoms with E-state index in [0.717, 1.165) is 33.7 Å². The van der Waals surface area contributed by atoms with Crippen molar-refractivity contribution >= 4 is 35.1 Å². The van der Waals surface area contributed by atoms with Crippen LogP contribution in [0.15, 0.2) is 36.4 Å². The molecule has 0 amide bonds. The van der Waals surface area contributed by atoms with Crippen LogP contribution in [0.3, 0.4) is 0 Å². The van der Waals surface area contributed by atoms with E-state index in [9.17, 15) is 9.59 Å². The Kier molecular flexibility index (Phi) is 6.46. The van der Waals surface area contributed by atoms with Crippen molar-refractivity contribution in [1.29, 1.82) is 0 Å². The molecule has 5 nitrogen and oxygen atoms in total. The maximum atomic E-state index is 11.1. The molecule has 7 heteroatoms. The molecule has 0 saturated carbocycles. The summed E-state index contributed by atoms with van der Waals surface area (Å²) in [6.45, 7) is 1.80. The van der Waals surface area contributed by atoms with Crippen molar-refractivity contribution in [2.45, 2.75) is 51.0 Å². The van der Waals surface area contributed by atoms with Gasteiger partial charge in [-0.05, 0) is 73.4 Å². The van der Waals surface area contributed by atoms with Gasteiger partial charge in [0.05, 0.1) is 5.41 Å². The molecule has 0 aliphatic heterocycles. The molecule has 2 aliphatic rings. The van der Waals surface area contributed by atoms with Gasteiger partial charge in [-0.15, -0.1) is 0 Å². The van der Waals surface area contributed by atoms with Gasteiger partial charge < -0.3 is 15.9 Å². The van der Waals surface area contributed by atoms with E-state index in [4.69, 9.17) is 39.1 Å². The van der Waals surface area contributed by atoms with Crippen LogP contribution in [0, 0.1) is 5.41 Å². The zero-order chi connectivity index (χ0) is 22.1. The lowest BCUT2D eigenvalue weighted by Gasteiger charge is -2.31. The first-order valence-electron chi connectivity index (χ1n) is 9.84. The highest BCUT2D eigenvalue weighted by atomic mass is 35.5. The molecule has 2 aromatic carbocycles. The lowest BCUT2D eigenvalue weighted by molar-refractivity contribution is -0.148. The zero-order valence-corrected chi connectivity index (χ0v) is 18.3. The zero-order valence-electron chi connectivity index (χ0n) is 16.8. The molecule has 2 aromatic rings. The first kappa shape index (κ1) is 22.6. The fourth-order valence-corrected chi connectivity index (χ4v) is 4.73. The molecular formula is C23H25Cl2NO4. The van der Waals surface area contributed by atoms with Crippen LogP contribution in [-0.2, 0) is 35.3 Å². The van der Waals surface area contributed by atoms with E-state index in [1.54, 1.807) is 6.92 Å². The van der Waals surface area contributed by atoms with Crippen molar-refractivity contribution in [3.8, 4) is 0 Å². The fourth-order valence-electron chi connectivity index (χ4n) is 4.15. The third-order valence-electron chi connectivity index (χ3n) is 6.21. The molecule has 4 N–H and O–H groups in total. The summed E-state index contributed by atoms with van der Waals surface area (Å²) in [7, 11) is 0. The van der Waals surface area contributed by atoms with Crippen LogP contribution in [0.5, 0.6) is 0 Å². The molecule has 2 atom stereocenters. The molecule has 30 heavy (non-hydrogen) atoms. The highest BCUT2D eigenvalue weighted by Gasteiger charge is 2.38. The van der Waals surface area contributed by atoms with Gasteiger partial charge in [-0.3, -0.25) is 9.59 Å². The van der Waals surface area contributed by atoms with Gasteiger partial charge in [0, 0.05) is 16.5 Å². The number of benzene rings is 2. The number of carbonyl (C=O) groups is 2. The van der Waals surface area contributed by atoms with Crippen LogP contribution in [0.1, 0.15) is 42.0 Å². The van der Waals surface area contributed by atoms with E-state index in [2.05, 4.69) is 0 Å². The molecule has 160 valence electrons. The molecule has 0 heterocycles. The number of fused-ring (bicyclic) bond motifs is 2. The van der Waals surface area contributed by atoms with Crippen molar-refractivity contribution in [2.75, 3.05) is 0 Å². The largest absolute Gasteiger partial charge is 0.481 e. The van der Waals surface area contributed by atoms with E-state index < -0.39 is 22.9 Å². The second-order valence-corrected chi connectivity index (χ2v) is 9.25. The number of carboxylic acids is 2. The van der Waals surface area contributed by atoms with Gasteiger partial charge in [-0.2, -0.15) is 0 Å². The molecule has 0 aromatic heterocycles. The van der Waals surface area contributed by atoms with Gasteiger partial charge in [0.25, 0.3) is 0 Å². The van der Waals surface area contributed by atoms with Crippen molar-refractivity contribution < 1.29 is 19.8 Å². The van der Waals surface area contributed by atoms with Gasteiger partial charge in [-0.1, -0.05) is 47.5 Å². The van der Waals surface area contributed by atoms with E-state index in [1.165, 1.54) is 0 Å². The van der Waals surface area contributed by atoms with Crippen LogP contribution >= 0.6 is 23.2 Å². The Morgan fingerprint density at radius 2 is 1.37 bits per heavy atom. The fraction of sp³-hybridized carbons (Fsp3) is 0.391. The van der Waals surface area contributed by atoms with Gasteiger partial charge in [0.2, 0.25) is 0 Å². The number of aliphatic carboxylic acids is 2. The average Bonchev–Trinajstić information content (AvgIpc) is 2.68. The van der Waals surface area contributed by atoms with E-state index in [1.807, 2.05) is 36.4 Å².